The molecule has 0 spiro atoms. The number of fused-ring (bicyclic) bond motifs is 5. The number of benzene rings is 3. The smallest absolute Gasteiger partial charge is 0.264 e. The van der Waals surface area contributed by atoms with E-state index in [9.17, 15) is 25.3 Å². The lowest BCUT2D eigenvalue weighted by Crippen LogP contribution is -2.63. The van der Waals surface area contributed by atoms with E-state index in [0.717, 1.165) is 93.2 Å². The Hall–Kier alpha value is -2.77. The summed E-state index contributed by atoms with van der Waals surface area (Å²) in [5, 5.41) is 0. The van der Waals surface area contributed by atoms with Gasteiger partial charge in [0.15, 0.2) is 0 Å². The van der Waals surface area contributed by atoms with E-state index in [1.165, 1.54) is 0 Å². The van der Waals surface area contributed by atoms with Gasteiger partial charge in [0.2, 0.25) is 0 Å². The fourth-order valence-electron chi connectivity index (χ4n) is 13.4. The number of hydrogen-bond acceptors (Lipinski definition) is 13. The molecule has 0 heterocycles. The molecule has 3 aromatic carbocycles. The Morgan fingerprint density at radius 3 is 1.60 bits per heavy atom. The lowest BCUT2D eigenvalue weighted by molar-refractivity contribution is -0.229. The Kier molecular flexibility index (Phi) is 17.4. The third-order valence-corrected chi connectivity index (χ3v) is 18.0. The van der Waals surface area contributed by atoms with E-state index in [1.54, 1.807) is 0 Å². The Morgan fingerprint density at radius 1 is 0.588 bits per heavy atom. The zero-order chi connectivity index (χ0) is 48.8. The van der Waals surface area contributed by atoms with Crippen LogP contribution in [0, 0.1) is 46.3 Å². The molecule has 0 bridgehead atoms. The molecule has 378 valence electrons. The van der Waals surface area contributed by atoms with Gasteiger partial charge in [-0.2, -0.15) is 25.3 Å². The molecule has 0 N–H and O–H groups in total. The summed E-state index contributed by atoms with van der Waals surface area (Å²) in [6.45, 7) is 7.96. The van der Waals surface area contributed by atoms with Crippen molar-refractivity contribution in [3.8, 4) is 0 Å². The lowest BCUT2D eigenvalue weighted by Gasteiger charge is -2.64. The van der Waals surface area contributed by atoms with Crippen LogP contribution in [0.3, 0.4) is 0 Å². The first kappa shape index (κ1) is 53.0. The first-order chi connectivity index (χ1) is 32.2. The Labute approximate surface area is 406 Å². The highest BCUT2D eigenvalue weighted by molar-refractivity contribution is 7.86. The second-order valence-corrected chi connectivity index (χ2v) is 25.3. The SMILES string of the molecule is C[C@H](CCCOC(c1ccccc1)(c1ccccc1)c1ccccc1)[C@H]1CC[C@H]2[C@@H]3[C@H](OCCOS(C)(=O)=O)C[C@@H]4C[C@@H](OCCOS(C)(=O)=O)CC[C@]4(C)[C@H]3C[C@H](OCCOS(C)(=O)=O)[C@]12C. The van der Waals surface area contributed by atoms with Gasteiger partial charge in [-0.3, -0.25) is 12.5 Å². The first-order valence-corrected chi connectivity index (χ1v) is 29.9. The van der Waals surface area contributed by atoms with Gasteiger partial charge >= 0.3 is 0 Å². The molecule has 0 radical (unpaired) electrons. The van der Waals surface area contributed by atoms with Gasteiger partial charge in [0.25, 0.3) is 30.4 Å². The van der Waals surface area contributed by atoms with Crippen LogP contribution in [-0.2, 0) is 67.5 Å². The van der Waals surface area contributed by atoms with Crippen LogP contribution in [0.1, 0.15) is 95.2 Å². The highest BCUT2D eigenvalue weighted by atomic mass is 32.2. The van der Waals surface area contributed by atoms with Gasteiger partial charge in [0.05, 0.1) is 76.7 Å². The molecule has 4 aliphatic rings. The molecule has 0 unspecified atom stereocenters. The highest BCUT2D eigenvalue weighted by Crippen LogP contribution is 2.69. The second-order valence-electron chi connectivity index (χ2n) is 20.4. The van der Waals surface area contributed by atoms with Crippen LogP contribution in [-0.4, -0.2) is 109 Å². The Bertz CT molecular complexity index is 2310. The highest BCUT2D eigenvalue weighted by Gasteiger charge is 2.66. The molecular weight excluding hydrogens is 929 g/mol. The number of hydrogen-bond donors (Lipinski definition) is 0. The molecule has 4 saturated carbocycles. The quantitative estimate of drug-likeness (QED) is 0.0478. The maximum absolute atomic E-state index is 12.1. The van der Waals surface area contributed by atoms with E-state index in [0.29, 0.717) is 12.5 Å². The Balaban J connectivity index is 1.14. The molecule has 0 aliphatic heterocycles. The average molecular weight is 1000 g/mol. The molecule has 13 nitrogen and oxygen atoms in total. The summed E-state index contributed by atoms with van der Waals surface area (Å²) >= 11 is 0. The van der Waals surface area contributed by atoms with Gasteiger partial charge in [0, 0.05) is 12.0 Å². The molecule has 0 amide bonds. The van der Waals surface area contributed by atoms with E-state index in [-0.39, 0.29) is 98.4 Å². The van der Waals surface area contributed by atoms with Crippen LogP contribution in [0.25, 0.3) is 0 Å². The minimum absolute atomic E-state index is 0.0428. The van der Waals surface area contributed by atoms with Crippen molar-refractivity contribution in [3.63, 3.8) is 0 Å². The van der Waals surface area contributed by atoms with E-state index in [4.69, 9.17) is 31.5 Å². The first-order valence-electron chi connectivity index (χ1n) is 24.4. The van der Waals surface area contributed by atoms with E-state index >= 15 is 0 Å². The number of rotatable bonds is 24. The van der Waals surface area contributed by atoms with Crippen molar-refractivity contribution < 1.29 is 56.8 Å². The van der Waals surface area contributed by atoms with E-state index in [1.807, 2.05) is 18.2 Å². The summed E-state index contributed by atoms with van der Waals surface area (Å²) in [5.41, 5.74) is 2.01. The third kappa shape index (κ3) is 12.5. The summed E-state index contributed by atoms with van der Waals surface area (Å²) in [4.78, 5) is 0. The molecule has 0 aromatic heterocycles. The Morgan fingerprint density at radius 2 is 1.09 bits per heavy atom. The standard InChI is InChI=1S/C52H74O13S3/c1-38(17-16-28-62-52(39-18-10-7-11-19-39,40-20-12-8-13-21-40)41-22-14-9-15-23-41)44-24-25-45-49-46(37-48(51(44,45)3)61-31-34-65-68(6,57)58)50(2)27-26-43(59-29-32-63-66(4,53)54)35-42(50)36-47(49)60-30-33-64-67(5,55)56/h7-15,18-23,38,42-49H,16-17,24-37H2,1-6H3/t38-,42+,43+,44-,45+,46+,47-,48+,49+,50+,51-/m1/s1. The largest absolute Gasteiger partial charge is 0.376 e. The third-order valence-electron chi connectivity index (χ3n) is 16.3. The van der Waals surface area contributed by atoms with Gasteiger partial charge < -0.3 is 18.9 Å². The van der Waals surface area contributed by atoms with Crippen LogP contribution in [0.15, 0.2) is 91.0 Å². The predicted octanol–water partition coefficient (Wildman–Crippen LogP) is 8.37. The summed E-state index contributed by atoms with van der Waals surface area (Å²) < 4.78 is 114. The van der Waals surface area contributed by atoms with Crippen molar-refractivity contribution in [2.24, 2.45) is 46.3 Å². The van der Waals surface area contributed by atoms with Crippen LogP contribution in [0.4, 0.5) is 0 Å². The molecule has 3 aromatic rings. The molecule has 4 fully saturated rings. The molecule has 16 heteroatoms. The molecule has 4 aliphatic carbocycles. The summed E-state index contributed by atoms with van der Waals surface area (Å²) in [6, 6.07) is 31.3. The summed E-state index contributed by atoms with van der Waals surface area (Å²) in [7, 11) is -10.9. The van der Waals surface area contributed by atoms with Gasteiger partial charge in [-0.25, -0.2) is 0 Å². The van der Waals surface area contributed by atoms with Crippen molar-refractivity contribution in [1.82, 2.24) is 0 Å². The van der Waals surface area contributed by atoms with Gasteiger partial charge in [-0.15, -0.1) is 0 Å². The maximum atomic E-state index is 12.1. The van der Waals surface area contributed by atoms with Crippen molar-refractivity contribution in [2.75, 3.05) is 65.0 Å². The molecular formula is C52H74O13S3. The summed E-state index contributed by atoms with van der Waals surface area (Å²) in [5.74, 6) is 1.37. The molecule has 0 saturated heterocycles. The van der Waals surface area contributed by atoms with Crippen molar-refractivity contribution in [2.45, 2.75) is 102 Å². The van der Waals surface area contributed by atoms with Crippen LogP contribution >= 0.6 is 0 Å². The van der Waals surface area contributed by atoms with Crippen molar-refractivity contribution >= 4 is 30.4 Å². The van der Waals surface area contributed by atoms with Crippen LogP contribution < -0.4 is 0 Å². The number of ether oxygens (including phenoxy) is 4. The van der Waals surface area contributed by atoms with Crippen molar-refractivity contribution in [3.05, 3.63) is 108 Å². The average Bonchev–Trinajstić information content (AvgIpc) is 3.66. The predicted molar refractivity (Wildman–Crippen MR) is 261 cm³/mol. The molecule has 7 rings (SSSR count). The van der Waals surface area contributed by atoms with Gasteiger partial charge in [0.1, 0.15) is 5.60 Å². The van der Waals surface area contributed by atoms with E-state index in [2.05, 4.69) is 93.6 Å². The zero-order valence-corrected chi connectivity index (χ0v) is 43.2. The summed E-state index contributed by atoms with van der Waals surface area (Å²) in [6.07, 6.45) is 10.5. The fourth-order valence-corrected chi connectivity index (χ4v) is 14.5. The minimum atomic E-state index is -3.66. The monoisotopic (exact) mass is 1000 g/mol. The van der Waals surface area contributed by atoms with Crippen molar-refractivity contribution in [1.29, 1.82) is 0 Å². The van der Waals surface area contributed by atoms with Crippen LogP contribution in [0.5, 0.6) is 0 Å². The minimum Gasteiger partial charge on any atom is -0.376 e. The lowest BCUT2D eigenvalue weighted by atomic mass is 9.43. The second kappa shape index (κ2) is 22.3. The topological polar surface area (TPSA) is 167 Å². The fraction of sp³-hybridized carbons (Fsp3) is 0.654. The van der Waals surface area contributed by atoms with Gasteiger partial charge in [-0.05, 0) is 115 Å². The normalized spacial score (nSPS) is 30.3. The maximum Gasteiger partial charge on any atom is 0.264 e. The van der Waals surface area contributed by atoms with E-state index < -0.39 is 36.0 Å². The zero-order valence-electron chi connectivity index (χ0n) is 40.7. The van der Waals surface area contributed by atoms with Crippen LogP contribution in [0.2, 0.25) is 0 Å². The molecule has 68 heavy (non-hydrogen) atoms. The molecule has 11 atom stereocenters. The van der Waals surface area contributed by atoms with Gasteiger partial charge in [-0.1, -0.05) is 112 Å².